The van der Waals surface area contributed by atoms with E-state index in [1.54, 1.807) is 0 Å². The average Bonchev–Trinajstić information content (AvgIpc) is 2.38. The van der Waals surface area contributed by atoms with Gasteiger partial charge in [0.15, 0.2) is 11.6 Å². The average molecular weight is 287 g/mol. The van der Waals surface area contributed by atoms with Crippen molar-refractivity contribution in [2.24, 2.45) is 5.92 Å². The van der Waals surface area contributed by atoms with Gasteiger partial charge in [0.2, 0.25) is 10.0 Å². The summed E-state index contributed by atoms with van der Waals surface area (Å²) in [7, 11) is -2.26. The third-order valence-electron chi connectivity index (χ3n) is 3.38. The van der Waals surface area contributed by atoms with E-state index in [1.165, 1.54) is 23.5 Å². The van der Waals surface area contributed by atoms with E-state index in [2.05, 4.69) is 0 Å². The third-order valence-corrected chi connectivity index (χ3v) is 5.24. The quantitative estimate of drug-likeness (QED) is 0.856. The van der Waals surface area contributed by atoms with Crippen molar-refractivity contribution >= 4 is 10.0 Å². The Hall–Kier alpha value is -1.14. The van der Waals surface area contributed by atoms with Crippen LogP contribution in [0.5, 0.6) is 5.75 Å². The van der Waals surface area contributed by atoms with Crippen LogP contribution >= 0.6 is 0 Å². The summed E-state index contributed by atoms with van der Waals surface area (Å²) < 4.78 is 44.6. The Morgan fingerprint density at radius 2 is 2.16 bits per heavy atom. The summed E-state index contributed by atoms with van der Waals surface area (Å²) in [6.07, 6.45) is 1.88. The fourth-order valence-electron chi connectivity index (χ4n) is 2.32. The van der Waals surface area contributed by atoms with Gasteiger partial charge in [-0.3, -0.25) is 0 Å². The van der Waals surface area contributed by atoms with Crippen LogP contribution in [-0.4, -0.2) is 32.9 Å². The Labute approximate surface area is 113 Å². The molecule has 0 radical (unpaired) electrons. The van der Waals surface area contributed by atoms with Crippen LogP contribution in [0.15, 0.2) is 23.1 Å². The van der Waals surface area contributed by atoms with Crippen LogP contribution in [0.4, 0.5) is 4.39 Å². The smallest absolute Gasteiger partial charge is 0.243 e. The van der Waals surface area contributed by atoms with Crippen molar-refractivity contribution in [1.29, 1.82) is 0 Å². The molecule has 4 nitrogen and oxygen atoms in total. The van der Waals surface area contributed by atoms with Gasteiger partial charge in [0.25, 0.3) is 0 Å². The Balaban J connectivity index is 2.31. The highest BCUT2D eigenvalue weighted by molar-refractivity contribution is 7.89. The van der Waals surface area contributed by atoms with Crippen molar-refractivity contribution in [1.82, 2.24) is 4.31 Å². The highest BCUT2D eigenvalue weighted by Gasteiger charge is 2.29. The Morgan fingerprint density at radius 1 is 1.42 bits per heavy atom. The van der Waals surface area contributed by atoms with Crippen LogP contribution in [-0.2, 0) is 10.0 Å². The lowest BCUT2D eigenvalue weighted by Crippen LogP contribution is -2.39. The van der Waals surface area contributed by atoms with Gasteiger partial charge >= 0.3 is 0 Å². The van der Waals surface area contributed by atoms with Crippen LogP contribution in [0.1, 0.15) is 19.8 Å². The number of hydrogen-bond acceptors (Lipinski definition) is 3. The van der Waals surface area contributed by atoms with Gasteiger partial charge in [-0.25, -0.2) is 12.8 Å². The molecule has 6 heteroatoms. The molecule has 1 heterocycles. The molecule has 19 heavy (non-hydrogen) atoms. The van der Waals surface area contributed by atoms with Crippen LogP contribution in [0.25, 0.3) is 0 Å². The van der Waals surface area contributed by atoms with E-state index in [-0.39, 0.29) is 10.6 Å². The van der Waals surface area contributed by atoms with E-state index in [4.69, 9.17) is 4.74 Å². The second-order valence-corrected chi connectivity index (χ2v) is 6.84. The molecular formula is C13H18FNO3S. The van der Waals surface area contributed by atoms with E-state index in [0.717, 1.165) is 18.9 Å². The van der Waals surface area contributed by atoms with Crippen molar-refractivity contribution in [3.63, 3.8) is 0 Å². The molecule has 0 bridgehead atoms. The second-order valence-electron chi connectivity index (χ2n) is 4.91. The molecule has 1 fully saturated rings. The summed E-state index contributed by atoms with van der Waals surface area (Å²) in [6, 6.07) is 3.75. The van der Waals surface area contributed by atoms with Gasteiger partial charge in [-0.1, -0.05) is 6.92 Å². The molecular weight excluding hydrogens is 269 g/mol. The van der Waals surface area contributed by atoms with Crippen LogP contribution in [0, 0.1) is 11.7 Å². The van der Waals surface area contributed by atoms with Crippen molar-refractivity contribution in [3.8, 4) is 5.75 Å². The lowest BCUT2D eigenvalue weighted by molar-refractivity contribution is 0.281. The predicted molar refractivity (Wildman–Crippen MR) is 70.1 cm³/mol. The summed E-state index contributed by atoms with van der Waals surface area (Å²) in [4.78, 5) is -0.0140. The van der Waals surface area contributed by atoms with E-state index in [9.17, 15) is 12.8 Å². The molecule has 0 N–H and O–H groups in total. The molecule has 0 amide bonds. The van der Waals surface area contributed by atoms with Gasteiger partial charge in [-0.15, -0.1) is 0 Å². The number of methoxy groups -OCH3 is 1. The molecule has 0 unspecified atom stereocenters. The minimum atomic E-state index is -3.60. The first-order chi connectivity index (χ1) is 8.95. The maximum absolute atomic E-state index is 13.6. The normalized spacial score (nSPS) is 21.3. The monoisotopic (exact) mass is 287 g/mol. The van der Waals surface area contributed by atoms with Gasteiger partial charge in [0.1, 0.15) is 0 Å². The molecule has 1 aromatic carbocycles. The maximum Gasteiger partial charge on any atom is 0.243 e. The zero-order chi connectivity index (χ0) is 14.0. The first kappa shape index (κ1) is 14.3. The molecule has 1 aliphatic rings. The minimum Gasteiger partial charge on any atom is -0.494 e. The fraction of sp³-hybridized carbons (Fsp3) is 0.538. The zero-order valence-corrected chi connectivity index (χ0v) is 11.9. The van der Waals surface area contributed by atoms with Crippen molar-refractivity contribution < 1.29 is 17.5 Å². The molecule has 2 rings (SSSR count). The molecule has 0 aliphatic carbocycles. The number of ether oxygens (including phenoxy) is 1. The zero-order valence-electron chi connectivity index (χ0n) is 11.1. The Morgan fingerprint density at radius 3 is 2.74 bits per heavy atom. The van der Waals surface area contributed by atoms with Gasteiger partial charge in [0.05, 0.1) is 12.0 Å². The number of nitrogens with zero attached hydrogens (tertiary/aromatic N) is 1. The maximum atomic E-state index is 13.6. The van der Waals surface area contributed by atoms with E-state index < -0.39 is 15.8 Å². The lowest BCUT2D eigenvalue weighted by Gasteiger charge is -2.30. The molecule has 1 atom stereocenters. The first-order valence-electron chi connectivity index (χ1n) is 6.29. The summed E-state index contributed by atoms with van der Waals surface area (Å²) in [5.41, 5.74) is 0. The number of rotatable bonds is 3. The first-order valence-corrected chi connectivity index (χ1v) is 7.73. The summed E-state index contributed by atoms with van der Waals surface area (Å²) >= 11 is 0. The standard InChI is InChI=1S/C13H18FNO3S/c1-10-4-3-7-15(9-10)19(16,17)11-5-6-13(18-2)12(14)8-11/h5-6,8,10H,3-4,7,9H2,1-2H3/t10-/m1/s1. The number of hydrogen-bond donors (Lipinski definition) is 0. The second kappa shape index (κ2) is 5.46. The number of piperidine rings is 1. The molecule has 0 saturated carbocycles. The molecule has 1 saturated heterocycles. The van der Waals surface area contributed by atoms with Gasteiger partial charge in [-0.05, 0) is 37.0 Å². The van der Waals surface area contributed by atoms with Gasteiger partial charge in [-0.2, -0.15) is 4.31 Å². The molecule has 106 valence electrons. The Bertz CT molecular complexity index is 559. The van der Waals surface area contributed by atoms with Gasteiger partial charge < -0.3 is 4.74 Å². The van der Waals surface area contributed by atoms with Gasteiger partial charge in [0, 0.05) is 13.1 Å². The molecule has 1 aliphatic heterocycles. The number of sulfonamides is 1. The molecule has 0 spiro atoms. The SMILES string of the molecule is COc1ccc(S(=O)(=O)N2CCC[C@@H](C)C2)cc1F. The summed E-state index contributed by atoms with van der Waals surface area (Å²) in [6.45, 7) is 3.02. The van der Waals surface area contributed by atoms with Crippen molar-refractivity contribution in [2.45, 2.75) is 24.7 Å². The van der Waals surface area contributed by atoms with E-state index >= 15 is 0 Å². The highest BCUT2D eigenvalue weighted by Crippen LogP contribution is 2.26. The summed E-state index contributed by atoms with van der Waals surface area (Å²) in [5.74, 6) is -0.272. The van der Waals surface area contributed by atoms with Crippen molar-refractivity contribution in [3.05, 3.63) is 24.0 Å². The largest absolute Gasteiger partial charge is 0.494 e. The van der Waals surface area contributed by atoms with E-state index in [0.29, 0.717) is 19.0 Å². The fourth-order valence-corrected chi connectivity index (χ4v) is 3.93. The van der Waals surface area contributed by atoms with Crippen LogP contribution in [0.3, 0.4) is 0 Å². The van der Waals surface area contributed by atoms with Crippen LogP contribution < -0.4 is 4.74 Å². The molecule has 1 aromatic rings. The lowest BCUT2D eigenvalue weighted by atomic mass is 10.0. The van der Waals surface area contributed by atoms with Crippen molar-refractivity contribution in [2.75, 3.05) is 20.2 Å². The van der Waals surface area contributed by atoms with E-state index in [1.807, 2.05) is 6.92 Å². The molecule has 0 aromatic heterocycles. The highest BCUT2D eigenvalue weighted by atomic mass is 32.2. The topological polar surface area (TPSA) is 46.6 Å². The minimum absolute atomic E-state index is 0.0140. The number of halogens is 1. The third kappa shape index (κ3) is 2.90. The summed E-state index contributed by atoms with van der Waals surface area (Å²) in [5, 5.41) is 0. The number of benzene rings is 1. The predicted octanol–water partition coefficient (Wildman–Crippen LogP) is 2.25. The Kier molecular flexibility index (Phi) is 4.10. The van der Waals surface area contributed by atoms with Crippen LogP contribution in [0.2, 0.25) is 0 Å².